The Hall–Kier alpha value is -2.82. The van der Waals surface area contributed by atoms with Gasteiger partial charge in [0.2, 0.25) is 5.91 Å². The van der Waals surface area contributed by atoms with Crippen LogP contribution in [0.25, 0.3) is 0 Å². The van der Waals surface area contributed by atoms with Crippen molar-refractivity contribution >= 4 is 11.9 Å². The monoisotopic (exact) mass is 391 g/mol. The highest BCUT2D eigenvalue weighted by Gasteiger charge is 2.41. The second kappa shape index (κ2) is 8.27. The van der Waals surface area contributed by atoms with Gasteiger partial charge in [-0.05, 0) is 36.8 Å². The molecular formula is C24H29N3O2. The summed E-state index contributed by atoms with van der Waals surface area (Å²) in [7, 11) is 0. The highest BCUT2D eigenvalue weighted by molar-refractivity contribution is 5.81. The summed E-state index contributed by atoms with van der Waals surface area (Å²) in [6, 6.07) is 20.7. The summed E-state index contributed by atoms with van der Waals surface area (Å²) in [4.78, 5) is 28.6. The number of nitrogens with zero attached hydrogens (tertiary/aromatic N) is 2. The lowest BCUT2D eigenvalue weighted by molar-refractivity contribution is -0.138. The highest BCUT2D eigenvalue weighted by Crippen LogP contribution is 2.40. The first-order valence-corrected chi connectivity index (χ1v) is 10.5. The molecule has 2 fully saturated rings. The zero-order valence-corrected chi connectivity index (χ0v) is 16.8. The fraction of sp³-hybridized carbons (Fsp3) is 0.417. The lowest BCUT2D eigenvalue weighted by Gasteiger charge is -2.45. The van der Waals surface area contributed by atoms with Gasteiger partial charge in [0.1, 0.15) is 0 Å². The summed E-state index contributed by atoms with van der Waals surface area (Å²) in [6.45, 7) is 2.53. The maximum atomic E-state index is 13.4. The zero-order chi connectivity index (χ0) is 20.3. The van der Waals surface area contributed by atoms with Gasteiger partial charge in [-0.2, -0.15) is 0 Å². The van der Waals surface area contributed by atoms with Gasteiger partial charge < -0.3 is 15.5 Å². The van der Waals surface area contributed by atoms with Gasteiger partial charge in [-0.1, -0.05) is 60.7 Å². The van der Waals surface area contributed by atoms with Crippen molar-refractivity contribution in [2.24, 2.45) is 11.7 Å². The van der Waals surface area contributed by atoms with Gasteiger partial charge in [-0.25, -0.2) is 4.79 Å². The van der Waals surface area contributed by atoms with Crippen LogP contribution in [0.3, 0.4) is 0 Å². The number of carbonyl (C=O) groups is 2. The second-order valence-electron chi connectivity index (χ2n) is 8.30. The molecule has 2 aliphatic heterocycles. The number of hydrogen-bond acceptors (Lipinski definition) is 2. The Morgan fingerprint density at radius 2 is 1.45 bits per heavy atom. The fourth-order valence-corrected chi connectivity index (χ4v) is 5.03. The number of primary amides is 1. The Morgan fingerprint density at radius 3 is 2.03 bits per heavy atom. The molecule has 2 heterocycles. The molecule has 2 aromatic rings. The second-order valence-corrected chi connectivity index (χ2v) is 8.30. The molecule has 5 nitrogen and oxygen atoms in total. The van der Waals surface area contributed by atoms with Crippen molar-refractivity contribution in [1.29, 1.82) is 0 Å². The molecule has 2 aliphatic rings. The summed E-state index contributed by atoms with van der Waals surface area (Å²) in [5.74, 6) is 0.00508. The van der Waals surface area contributed by atoms with E-state index < -0.39 is 6.03 Å². The molecule has 0 aromatic heterocycles. The number of hydrogen-bond donors (Lipinski definition) is 1. The molecule has 3 amide bonds. The molecule has 29 heavy (non-hydrogen) atoms. The topological polar surface area (TPSA) is 66.6 Å². The number of carbonyl (C=O) groups excluding carboxylic acids is 2. The van der Waals surface area contributed by atoms with Crippen LogP contribution >= 0.6 is 0 Å². The average molecular weight is 392 g/mol. The van der Waals surface area contributed by atoms with E-state index in [0.29, 0.717) is 19.6 Å². The van der Waals surface area contributed by atoms with Crippen molar-refractivity contribution in [3.05, 3.63) is 71.8 Å². The molecule has 2 aromatic carbocycles. The summed E-state index contributed by atoms with van der Waals surface area (Å²) in [5.41, 5.74) is 7.78. The van der Waals surface area contributed by atoms with Crippen LogP contribution < -0.4 is 5.73 Å². The minimum atomic E-state index is -0.427. The smallest absolute Gasteiger partial charge is 0.314 e. The van der Waals surface area contributed by atoms with E-state index in [0.717, 1.165) is 32.2 Å². The minimum absolute atomic E-state index is 0.154. The first-order valence-electron chi connectivity index (χ1n) is 10.5. The van der Waals surface area contributed by atoms with Crippen molar-refractivity contribution < 1.29 is 9.59 Å². The third kappa shape index (κ3) is 3.86. The Bertz CT molecular complexity index is 813. The van der Waals surface area contributed by atoms with Crippen molar-refractivity contribution in [1.82, 2.24) is 9.80 Å². The van der Waals surface area contributed by atoms with E-state index in [1.165, 1.54) is 11.1 Å². The van der Waals surface area contributed by atoms with Crippen LogP contribution in [-0.2, 0) is 10.2 Å². The molecule has 0 spiro atoms. The normalized spacial score (nSPS) is 21.6. The number of nitrogens with two attached hydrogens (primary N) is 1. The van der Waals surface area contributed by atoms with Crippen LogP contribution in [0.15, 0.2) is 60.7 Å². The molecule has 0 radical (unpaired) electrons. The summed E-state index contributed by atoms with van der Waals surface area (Å²) in [5, 5.41) is 0. The molecule has 4 rings (SSSR count). The third-order valence-electron chi connectivity index (χ3n) is 6.54. The van der Waals surface area contributed by atoms with Crippen LogP contribution in [-0.4, -0.2) is 47.9 Å². The zero-order valence-electron chi connectivity index (χ0n) is 16.8. The lowest BCUT2D eigenvalue weighted by Crippen LogP contribution is -2.53. The number of likely N-dealkylation sites (tertiary alicyclic amines) is 2. The Labute approximate surface area is 172 Å². The predicted molar refractivity (Wildman–Crippen MR) is 113 cm³/mol. The van der Waals surface area contributed by atoms with E-state index >= 15 is 0 Å². The molecule has 1 atom stereocenters. The summed E-state index contributed by atoms with van der Waals surface area (Å²) in [6.07, 6.45) is 3.63. The molecule has 152 valence electrons. The van der Waals surface area contributed by atoms with E-state index in [1.807, 2.05) is 17.0 Å². The van der Waals surface area contributed by atoms with Crippen LogP contribution in [0.4, 0.5) is 4.79 Å². The SMILES string of the molecule is NC(=O)N1CCC[C@@H](C(=O)N2CCCC(c3ccccc3)(c3ccccc3)C2)C1. The number of piperidine rings is 2. The van der Waals surface area contributed by atoms with Crippen LogP contribution in [0.2, 0.25) is 0 Å². The number of benzene rings is 2. The molecular weight excluding hydrogens is 362 g/mol. The predicted octanol–water partition coefficient (Wildman–Crippen LogP) is 3.39. The third-order valence-corrected chi connectivity index (χ3v) is 6.54. The molecule has 0 bridgehead atoms. The van der Waals surface area contributed by atoms with E-state index in [-0.39, 0.29) is 17.2 Å². The fourth-order valence-electron chi connectivity index (χ4n) is 5.03. The molecule has 0 aliphatic carbocycles. The van der Waals surface area contributed by atoms with Gasteiger partial charge in [0, 0.05) is 31.6 Å². The first-order chi connectivity index (χ1) is 14.1. The van der Waals surface area contributed by atoms with Crippen molar-refractivity contribution in [2.45, 2.75) is 31.1 Å². The van der Waals surface area contributed by atoms with Crippen molar-refractivity contribution in [3.8, 4) is 0 Å². The molecule has 0 saturated carbocycles. The van der Waals surface area contributed by atoms with Crippen molar-refractivity contribution in [2.75, 3.05) is 26.2 Å². The average Bonchev–Trinajstić information content (AvgIpc) is 2.80. The van der Waals surface area contributed by atoms with E-state index in [4.69, 9.17) is 5.73 Å². The minimum Gasteiger partial charge on any atom is -0.351 e. The van der Waals surface area contributed by atoms with Gasteiger partial charge >= 0.3 is 6.03 Å². The number of amides is 3. The highest BCUT2D eigenvalue weighted by atomic mass is 16.2. The maximum absolute atomic E-state index is 13.4. The molecule has 0 unspecified atom stereocenters. The first kappa shape index (κ1) is 19.5. The van der Waals surface area contributed by atoms with Crippen molar-refractivity contribution in [3.63, 3.8) is 0 Å². The van der Waals surface area contributed by atoms with Gasteiger partial charge in [-0.15, -0.1) is 0 Å². The molecule has 2 saturated heterocycles. The summed E-state index contributed by atoms with van der Waals surface area (Å²) < 4.78 is 0. The van der Waals surface area contributed by atoms with Crippen LogP contribution in [0.5, 0.6) is 0 Å². The Balaban J connectivity index is 1.62. The number of urea groups is 1. The standard InChI is InChI=1S/C24H29N3O2/c25-23(29)26-15-7-9-19(17-26)22(28)27-16-8-14-24(18-27,20-10-3-1-4-11-20)21-12-5-2-6-13-21/h1-6,10-13,19H,7-9,14-18H2,(H2,25,29)/t19-/m1/s1. The van der Waals surface area contributed by atoms with Gasteiger partial charge in [0.05, 0.1) is 5.92 Å². The van der Waals surface area contributed by atoms with E-state index in [1.54, 1.807) is 4.90 Å². The van der Waals surface area contributed by atoms with E-state index in [9.17, 15) is 9.59 Å². The quantitative estimate of drug-likeness (QED) is 0.872. The molecule has 2 N–H and O–H groups in total. The lowest BCUT2D eigenvalue weighted by atomic mass is 9.69. The Kier molecular flexibility index (Phi) is 5.56. The van der Waals surface area contributed by atoms with Gasteiger partial charge in [0.15, 0.2) is 0 Å². The van der Waals surface area contributed by atoms with E-state index in [2.05, 4.69) is 48.5 Å². The van der Waals surface area contributed by atoms with Gasteiger partial charge in [-0.3, -0.25) is 4.79 Å². The molecule has 5 heteroatoms. The number of rotatable bonds is 3. The largest absolute Gasteiger partial charge is 0.351 e. The Morgan fingerprint density at radius 1 is 0.862 bits per heavy atom. The van der Waals surface area contributed by atoms with Crippen LogP contribution in [0, 0.1) is 5.92 Å². The maximum Gasteiger partial charge on any atom is 0.314 e. The van der Waals surface area contributed by atoms with Crippen LogP contribution in [0.1, 0.15) is 36.8 Å². The van der Waals surface area contributed by atoms with Gasteiger partial charge in [0.25, 0.3) is 0 Å². The summed E-state index contributed by atoms with van der Waals surface area (Å²) >= 11 is 0.